The minimum Gasteiger partial charge on any atom is -0.394 e. The molecule has 0 aliphatic carbocycles. The summed E-state index contributed by atoms with van der Waals surface area (Å²) >= 11 is 0. The summed E-state index contributed by atoms with van der Waals surface area (Å²) in [5, 5.41) is 68.7. The van der Waals surface area contributed by atoms with Gasteiger partial charge in [0.1, 0.15) is 36.6 Å². The van der Waals surface area contributed by atoms with E-state index in [0.29, 0.717) is 0 Å². The second-order valence-electron chi connectivity index (χ2n) is 6.21. The van der Waals surface area contributed by atoms with Crippen molar-refractivity contribution in [3.8, 4) is 0 Å². The normalized spacial score (nSPS) is 50.0. The molecule has 2 heterocycles. The van der Waals surface area contributed by atoms with Gasteiger partial charge >= 0.3 is 0 Å². The van der Waals surface area contributed by atoms with E-state index in [4.69, 9.17) is 14.2 Å². The second-order valence-corrected chi connectivity index (χ2v) is 6.21. The monoisotopic (exact) mass is 354 g/mol. The maximum atomic E-state index is 10.3. The van der Waals surface area contributed by atoms with E-state index < -0.39 is 74.3 Å². The summed E-state index contributed by atoms with van der Waals surface area (Å²) in [6.07, 6.45) is -11.3. The molecule has 0 saturated carbocycles. The van der Waals surface area contributed by atoms with Crippen molar-refractivity contribution < 1.29 is 50.0 Å². The van der Waals surface area contributed by atoms with Crippen molar-refractivity contribution in [1.82, 2.24) is 0 Å². The summed E-state index contributed by atoms with van der Waals surface area (Å²) in [6, 6.07) is 0. The van der Waals surface area contributed by atoms with E-state index in [1.807, 2.05) is 0 Å². The van der Waals surface area contributed by atoms with E-state index in [1.165, 1.54) is 7.11 Å². The molecule has 2 saturated heterocycles. The molecule has 7 N–H and O–H groups in total. The van der Waals surface area contributed by atoms with E-state index in [9.17, 15) is 35.7 Å². The first kappa shape index (κ1) is 19.9. The fourth-order valence-electron chi connectivity index (χ4n) is 3.28. The third-order valence-electron chi connectivity index (χ3n) is 4.75. The molecule has 0 aromatic carbocycles. The number of ether oxygens (including phenoxy) is 3. The predicted molar refractivity (Wildman–Crippen MR) is 76.6 cm³/mol. The van der Waals surface area contributed by atoms with E-state index in [-0.39, 0.29) is 6.42 Å². The van der Waals surface area contributed by atoms with Crippen LogP contribution in [0.1, 0.15) is 6.42 Å². The number of rotatable bonds is 5. The third-order valence-corrected chi connectivity index (χ3v) is 4.75. The highest BCUT2D eigenvalue weighted by Crippen LogP contribution is 2.33. The van der Waals surface area contributed by atoms with Gasteiger partial charge in [-0.3, -0.25) is 0 Å². The molecule has 0 aromatic rings. The quantitative estimate of drug-likeness (QED) is 0.258. The molecule has 10 heteroatoms. The van der Waals surface area contributed by atoms with Crippen LogP contribution in [-0.2, 0) is 14.2 Å². The lowest BCUT2D eigenvalue weighted by Crippen LogP contribution is -2.61. The highest BCUT2D eigenvalue weighted by atomic mass is 16.7. The molecule has 24 heavy (non-hydrogen) atoms. The molecule has 0 amide bonds. The predicted octanol–water partition coefficient (Wildman–Crippen LogP) is -4.08. The van der Waals surface area contributed by atoms with Crippen LogP contribution in [0.4, 0.5) is 0 Å². The number of aliphatic hydroxyl groups excluding tert-OH is 7. The van der Waals surface area contributed by atoms with Gasteiger partial charge in [0.05, 0.1) is 25.4 Å². The Labute approximate surface area is 138 Å². The lowest BCUT2D eigenvalue weighted by atomic mass is 9.81. The Kier molecular flexibility index (Phi) is 6.90. The van der Waals surface area contributed by atoms with Crippen LogP contribution in [0, 0.1) is 5.92 Å². The highest BCUT2D eigenvalue weighted by molar-refractivity contribution is 4.96. The van der Waals surface area contributed by atoms with Gasteiger partial charge in [-0.15, -0.1) is 0 Å². The zero-order valence-electron chi connectivity index (χ0n) is 13.3. The Morgan fingerprint density at radius 3 is 1.79 bits per heavy atom. The van der Waals surface area contributed by atoms with Crippen LogP contribution in [-0.4, -0.2) is 111 Å². The minimum absolute atomic E-state index is 0.108. The van der Waals surface area contributed by atoms with Gasteiger partial charge in [-0.05, 0) is 6.42 Å². The fourth-order valence-corrected chi connectivity index (χ4v) is 3.28. The molecule has 2 fully saturated rings. The van der Waals surface area contributed by atoms with Crippen LogP contribution in [0.5, 0.6) is 0 Å². The molecule has 10 atom stereocenters. The molecule has 0 spiro atoms. The van der Waals surface area contributed by atoms with Crippen molar-refractivity contribution in [2.24, 2.45) is 5.92 Å². The van der Waals surface area contributed by atoms with Crippen molar-refractivity contribution in [1.29, 1.82) is 0 Å². The summed E-state index contributed by atoms with van der Waals surface area (Å²) in [4.78, 5) is 0. The molecular formula is C14H26O10. The molecule has 0 aromatic heterocycles. The number of hydrogen-bond acceptors (Lipinski definition) is 10. The van der Waals surface area contributed by atoms with Crippen LogP contribution in [0.25, 0.3) is 0 Å². The largest absolute Gasteiger partial charge is 0.394 e. The molecule has 2 aliphatic heterocycles. The molecule has 0 unspecified atom stereocenters. The maximum Gasteiger partial charge on any atom is 0.184 e. The maximum absolute atomic E-state index is 10.3. The molecule has 2 aliphatic rings. The van der Waals surface area contributed by atoms with Crippen molar-refractivity contribution in [3.63, 3.8) is 0 Å². The second kappa shape index (κ2) is 8.32. The van der Waals surface area contributed by atoms with Crippen molar-refractivity contribution in [3.05, 3.63) is 0 Å². The Morgan fingerprint density at radius 2 is 1.25 bits per heavy atom. The van der Waals surface area contributed by atoms with Gasteiger partial charge in [-0.2, -0.15) is 0 Å². The van der Waals surface area contributed by atoms with Gasteiger partial charge in [-0.1, -0.05) is 0 Å². The number of aliphatic hydroxyl groups is 7. The SMILES string of the molecule is CO[C@H]1O[C@H](CO)[C@H](O)[C@H](C[C@H]2O[C@H](CO)[C@@H](O)[C@H](O)[C@H]2O)[C@H]1O. The van der Waals surface area contributed by atoms with Crippen LogP contribution in [0.15, 0.2) is 0 Å². The van der Waals surface area contributed by atoms with Gasteiger partial charge in [0.2, 0.25) is 0 Å². The fraction of sp³-hybridized carbons (Fsp3) is 1.00. The van der Waals surface area contributed by atoms with Gasteiger partial charge in [-0.25, -0.2) is 0 Å². The van der Waals surface area contributed by atoms with Crippen molar-refractivity contribution in [2.45, 2.75) is 61.5 Å². The van der Waals surface area contributed by atoms with Crippen LogP contribution in [0.3, 0.4) is 0 Å². The Bertz CT molecular complexity index is 378. The molecule has 10 nitrogen and oxygen atoms in total. The van der Waals surface area contributed by atoms with Gasteiger partial charge in [0.25, 0.3) is 0 Å². The van der Waals surface area contributed by atoms with E-state index in [2.05, 4.69) is 0 Å². The standard InChI is InChI=1S/C14H26O10/c1-22-14-10(18)5(9(17)7(3-15)24-14)2-6-11(19)13(21)12(20)8(4-16)23-6/h5-21H,2-4H2,1H3/t5-,6+,7+,8+,9+,10+,11-,12+,13+,14-/m0/s1. The third kappa shape index (κ3) is 3.73. The molecule has 2 rings (SSSR count). The van der Waals surface area contributed by atoms with E-state index >= 15 is 0 Å². The lowest BCUT2D eigenvalue weighted by Gasteiger charge is -2.45. The topological polar surface area (TPSA) is 169 Å². The number of hydrogen-bond donors (Lipinski definition) is 7. The average molecular weight is 354 g/mol. The summed E-state index contributed by atoms with van der Waals surface area (Å²) in [7, 11) is 1.30. The summed E-state index contributed by atoms with van der Waals surface area (Å²) < 4.78 is 15.6. The first-order valence-electron chi connectivity index (χ1n) is 7.81. The van der Waals surface area contributed by atoms with Crippen molar-refractivity contribution >= 4 is 0 Å². The molecule has 0 radical (unpaired) electrons. The molecule has 0 bridgehead atoms. The summed E-state index contributed by atoms with van der Waals surface area (Å²) in [5.74, 6) is -0.887. The smallest absolute Gasteiger partial charge is 0.184 e. The zero-order chi connectivity index (χ0) is 18.0. The van der Waals surface area contributed by atoms with E-state index in [1.54, 1.807) is 0 Å². The van der Waals surface area contributed by atoms with Crippen molar-refractivity contribution in [2.75, 3.05) is 20.3 Å². The first-order valence-corrected chi connectivity index (χ1v) is 7.81. The number of methoxy groups -OCH3 is 1. The zero-order valence-corrected chi connectivity index (χ0v) is 13.3. The van der Waals surface area contributed by atoms with Gasteiger partial charge in [0, 0.05) is 13.0 Å². The van der Waals surface area contributed by atoms with Crippen LogP contribution < -0.4 is 0 Å². The van der Waals surface area contributed by atoms with Crippen LogP contribution >= 0.6 is 0 Å². The Morgan fingerprint density at radius 1 is 0.708 bits per heavy atom. The van der Waals surface area contributed by atoms with Gasteiger partial charge < -0.3 is 50.0 Å². The molecular weight excluding hydrogens is 328 g/mol. The Hall–Kier alpha value is -0.400. The highest BCUT2D eigenvalue weighted by Gasteiger charge is 2.49. The molecule has 142 valence electrons. The van der Waals surface area contributed by atoms with E-state index in [0.717, 1.165) is 0 Å². The summed E-state index contributed by atoms with van der Waals surface area (Å²) in [6.45, 7) is -1.07. The average Bonchev–Trinajstić information content (AvgIpc) is 2.58. The first-order chi connectivity index (χ1) is 11.3. The van der Waals surface area contributed by atoms with Gasteiger partial charge in [0.15, 0.2) is 6.29 Å². The van der Waals surface area contributed by atoms with Crippen LogP contribution in [0.2, 0.25) is 0 Å². The minimum atomic E-state index is -1.54. The Balaban J connectivity index is 2.14. The lowest BCUT2D eigenvalue weighted by molar-refractivity contribution is -0.293. The summed E-state index contributed by atoms with van der Waals surface area (Å²) in [5.41, 5.74) is 0.